The van der Waals surface area contributed by atoms with E-state index in [1.54, 1.807) is 0 Å². The zero-order chi connectivity index (χ0) is 23.2. The van der Waals surface area contributed by atoms with Crippen molar-refractivity contribution in [2.45, 2.75) is 58.0 Å². The van der Waals surface area contributed by atoms with Gasteiger partial charge in [0.25, 0.3) is 0 Å². The van der Waals surface area contributed by atoms with Crippen LogP contribution in [-0.4, -0.2) is 10.3 Å². The Hall–Kier alpha value is -1.91. The van der Waals surface area contributed by atoms with Crippen molar-refractivity contribution in [1.82, 2.24) is 0 Å². The third-order valence-electron chi connectivity index (χ3n) is 5.69. The minimum absolute atomic E-state index is 0. The SMILES string of the molecule is CC(C)(C)P(C[c-]1ccc(-c2ccccc2)c1-c1ccccc1)C(C)(C)C.[Fe].[cH-]1[cH-][cH-][cH-][cH-]1. The molecule has 4 rings (SSSR count). The van der Waals surface area contributed by atoms with Gasteiger partial charge in [0.2, 0.25) is 0 Å². The summed E-state index contributed by atoms with van der Waals surface area (Å²) in [6.07, 6.45) is 1.17. The molecule has 0 unspecified atom stereocenters. The van der Waals surface area contributed by atoms with Gasteiger partial charge in [-0.05, 0) is 16.5 Å². The summed E-state index contributed by atoms with van der Waals surface area (Å²) in [5, 5.41) is 0.650. The Labute approximate surface area is 213 Å². The van der Waals surface area contributed by atoms with Gasteiger partial charge in [0, 0.05) is 17.1 Å². The maximum Gasteiger partial charge on any atom is 0 e. The molecule has 0 heterocycles. The van der Waals surface area contributed by atoms with Gasteiger partial charge in [-0.15, -0.1) is 30.7 Å². The molecule has 4 aromatic rings. The fourth-order valence-electron chi connectivity index (χ4n) is 4.43. The summed E-state index contributed by atoms with van der Waals surface area (Å²) in [5.74, 6) is 0. The van der Waals surface area contributed by atoms with Crippen molar-refractivity contribution in [3.63, 3.8) is 0 Å². The Kier molecular flexibility index (Phi) is 9.93. The number of rotatable bonds is 4. The van der Waals surface area contributed by atoms with Crippen molar-refractivity contribution >= 4 is 7.92 Å². The molecule has 0 radical (unpaired) electrons. The Bertz CT molecular complexity index is 1010. The fourth-order valence-corrected chi connectivity index (χ4v) is 8.00. The van der Waals surface area contributed by atoms with Gasteiger partial charge in [-0.25, -0.2) is 0 Å². The molecule has 2 heteroatoms. The van der Waals surface area contributed by atoms with Crippen LogP contribution in [0.3, 0.4) is 0 Å². The molecule has 180 valence electrons. The molecule has 0 aromatic heterocycles. The van der Waals surface area contributed by atoms with Crippen LogP contribution in [0.4, 0.5) is 0 Å². The molecule has 0 amide bonds. The molecule has 0 saturated carbocycles. The van der Waals surface area contributed by atoms with Gasteiger partial charge in [0.15, 0.2) is 0 Å². The third-order valence-corrected chi connectivity index (χ3v) is 9.59. The van der Waals surface area contributed by atoms with Crippen molar-refractivity contribution in [3.05, 3.63) is 109 Å². The second kappa shape index (κ2) is 12.0. The van der Waals surface area contributed by atoms with E-state index in [1.807, 2.05) is 30.3 Å². The molecule has 0 nitrogen and oxygen atoms in total. The topological polar surface area (TPSA) is 0 Å². The Morgan fingerprint density at radius 3 is 1.48 bits per heavy atom. The van der Waals surface area contributed by atoms with Gasteiger partial charge in [-0.1, -0.05) is 113 Å². The Morgan fingerprint density at radius 2 is 1.06 bits per heavy atom. The van der Waals surface area contributed by atoms with E-state index in [0.29, 0.717) is 10.3 Å². The van der Waals surface area contributed by atoms with Crippen LogP contribution >= 0.6 is 7.92 Å². The van der Waals surface area contributed by atoms with Crippen molar-refractivity contribution in [2.75, 3.05) is 0 Å². The van der Waals surface area contributed by atoms with Gasteiger partial charge in [0.05, 0.1) is 0 Å². The molecule has 0 aliphatic rings. The van der Waals surface area contributed by atoms with E-state index in [2.05, 4.69) is 114 Å². The summed E-state index contributed by atoms with van der Waals surface area (Å²) in [6, 6.07) is 36.4. The van der Waals surface area contributed by atoms with E-state index in [1.165, 1.54) is 34.0 Å². The summed E-state index contributed by atoms with van der Waals surface area (Å²) in [6.45, 7) is 14.5. The molecule has 0 saturated heterocycles. The molecule has 0 atom stereocenters. The molecular weight excluding hydrogens is 459 g/mol. The van der Waals surface area contributed by atoms with Crippen LogP contribution < -0.4 is 0 Å². The smallest absolute Gasteiger partial charge is 0 e. The third kappa shape index (κ3) is 7.55. The maximum absolute atomic E-state index is 2.41. The largest absolute Gasteiger partial charge is 0.748 e. The first kappa shape index (κ1) is 27.3. The predicted octanol–water partition coefficient (Wildman–Crippen LogP) is 9.72. The van der Waals surface area contributed by atoms with E-state index in [9.17, 15) is 0 Å². The first-order chi connectivity index (χ1) is 15.2. The first-order valence-corrected chi connectivity index (χ1v) is 13.0. The summed E-state index contributed by atoms with van der Waals surface area (Å²) in [5.41, 5.74) is 6.90. The van der Waals surface area contributed by atoms with Crippen LogP contribution in [0, 0.1) is 0 Å². The second-order valence-corrected chi connectivity index (χ2v) is 14.1. The Balaban J connectivity index is 0.000000568. The molecule has 0 N–H and O–H groups in total. The average Bonchev–Trinajstić information content (AvgIpc) is 3.45. The monoisotopic (exact) mass is 496 g/mol. The zero-order valence-corrected chi connectivity index (χ0v) is 22.8. The molecule has 4 aromatic carbocycles. The van der Waals surface area contributed by atoms with Crippen molar-refractivity contribution < 1.29 is 17.1 Å². The van der Waals surface area contributed by atoms with E-state index in [-0.39, 0.29) is 25.0 Å². The molecule has 0 aliphatic heterocycles. The molecule has 33 heavy (non-hydrogen) atoms. The minimum Gasteiger partial charge on any atom is -0.748 e. The average molecular weight is 496 g/mol. The van der Waals surface area contributed by atoms with Gasteiger partial charge in [0.1, 0.15) is 0 Å². The van der Waals surface area contributed by atoms with Crippen LogP contribution in [0.2, 0.25) is 0 Å². The molecule has 0 fully saturated rings. The van der Waals surface area contributed by atoms with E-state index >= 15 is 0 Å². The maximum atomic E-state index is 2.41. The summed E-state index contributed by atoms with van der Waals surface area (Å²) in [4.78, 5) is 0. The summed E-state index contributed by atoms with van der Waals surface area (Å²) < 4.78 is 0. The predicted molar refractivity (Wildman–Crippen MR) is 145 cm³/mol. The van der Waals surface area contributed by atoms with Gasteiger partial charge < -0.3 is 30.3 Å². The number of hydrogen-bond donors (Lipinski definition) is 0. The van der Waals surface area contributed by atoms with Crippen molar-refractivity contribution in [1.29, 1.82) is 0 Å². The van der Waals surface area contributed by atoms with Crippen LogP contribution in [-0.2, 0) is 23.2 Å². The van der Waals surface area contributed by atoms with Crippen LogP contribution in [0.25, 0.3) is 22.3 Å². The van der Waals surface area contributed by atoms with E-state index in [4.69, 9.17) is 0 Å². The second-order valence-electron chi connectivity index (χ2n) is 10.3. The number of hydrogen-bond acceptors (Lipinski definition) is 0. The molecule has 0 spiro atoms. The zero-order valence-electron chi connectivity index (χ0n) is 20.8. The molecule has 0 bridgehead atoms. The number of benzene rings is 2. The fraction of sp³-hybridized carbons (Fsp3) is 0.290. The molecule has 0 aliphatic carbocycles. The van der Waals surface area contributed by atoms with Crippen LogP contribution in [0.15, 0.2) is 103 Å². The standard InChI is InChI=1S/C26H32P.C5H5.Fe/c1-25(2,3)27(26(4,5)6)19-22-17-18-23(20-13-9-7-10-14-20)24(22)21-15-11-8-12-16-21;1-2-4-5-3-1;/h7-18H,19H2,1-6H3;1-5H;/q-1;-5;. The minimum atomic E-state index is -0.181. The van der Waals surface area contributed by atoms with Crippen molar-refractivity contribution in [2.24, 2.45) is 0 Å². The molecular formula is C31H37FeP-6. The first-order valence-electron chi connectivity index (χ1n) is 11.5. The Morgan fingerprint density at radius 1 is 0.636 bits per heavy atom. The van der Waals surface area contributed by atoms with E-state index < -0.39 is 0 Å². The summed E-state index contributed by atoms with van der Waals surface area (Å²) >= 11 is 0. The quantitative estimate of drug-likeness (QED) is 0.150. The van der Waals surface area contributed by atoms with Gasteiger partial charge >= 0.3 is 0 Å². The van der Waals surface area contributed by atoms with Gasteiger partial charge in [-0.2, -0.15) is 6.07 Å². The normalized spacial score (nSPS) is 11.5. The van der Waals surface area contributed by atoms with Gasteiger partial charge in [-0.3, -0.25) is 0 Å². The summed E-state index contributed by atoms with van der Waals surface area (Å²) in [7, 11) is -0.181. The van der Waals surface area contributed by atoms with E-state index in [0.717, 1.165) is 0 Å². The van der Waals surface area contributed by atoms with Crippen molar-refractivity contribution in [3.8, 4) is 22.3 Å². The van der Waals surface area contributed by atoms with Crippen LogP contribution in [0.5, 0.6) is 0 Å². The van der Waals surface area contributed by atoms with Crippen LogP contribution in [0.1, 0.15) is 47.1 Å².